The summed E-state index contributed by atoms with van der Waals surface area (Å²) in [7, 11) is 0. The Labute approximate surface area is 121 Å². The summed E-state index contributed by atoms with van der Waals surface area (Å²) in [5.74, 6) is -3.26. The van der Waals surface area contributed by atoms with Crippen molar-refractivity contribution in [2.75, 3.05) is 0 Å². The maximum absolute atomic E-state index is 11.2. The number of hydrogen-bond acceptors (Lipinski definition) is 8. The third-order valence-electron chi connectivity index (χ3n) is 1.73. The first-order valence-electron chi connectivity index (χ1n) is 4.98. The summed E-state index contributed by atoms with van der Waals surface area (Å²) in [6, 6.07) is -2.38. The van der Waals surface area contributed by atoms with Gasteiger partial charge in [0.05, 0.1) is 0 Å². The van der Waals surface area contributed by atoms with Gasteiger partial charge < -0.3 is 0 Å². The Morgan fingerprint density at radius 2 is 1.16 bits per heavy atom. The zero-order valence-electron chi connectivity index (χ0n) is 9.83. The topological polar surface area (TPSA) is 191 Å². The fourth-order valence-corrected chi connectivity index (χ4v) is 2.83. The van der Waals surface area contributed by atoms with E-state index in [0.717, 1.165) is 0 Å². The third-order valence-corrected chi connectivity index (χ3v) is 3.94. The SMILES string of the molecule is NC(=O)C[C@H](N)C(=O)[O][Pb][O]C(=O)[C@@H](N)CC(N)=O. The summed E-state index contributed by atoms with van der Waals surface area (Å²) in [5, 5.41) is 0. The van der Waals surface area contributed by atoms with Gasteiger partial charge >= 0.3 is 121 Å². The Balaban J connectivity index is 3.96. The van der Waals surface area contributed by atoms with Crippen molar-refractivity contribution in [1.29, 1.82) is 0 Å². The van der Waals surface area contributed by atoms with Crippen molar-refractivity contribution in [2.24, 2.45) is 22.9 Å². The minimum absolute atomic E-state index is 0.364. The van der Waals surface area contributed by atoms with Crippen molar-refractivity contribution in [1.82, 2.24) is 0 Å². The van der Waals surface area contributed by atoms with Gasteiger partial charge in [0.15, 0.2) is 0 Å². The standard InChI is InChI=1S/2C4H8N2O3.Pb/c2*5-2(4(8)9)1-3(6)7;/h2*2H,1,5H2,(H2,6,7)(H,8,9);/q;;+2/p-2/t2*2-;/m00./s1. The number of hydrogen-bond donors (Lipinski definition) is 4. The van der Waals surface area contributed by atoms with E-state index in [0.29, 0.717) is 0 Å². The molecule has 0 aromatic carbocycles. The van der Waals surface area contributed by atoms with Crippen LogP contribution in [-0.4, -0.2) is 61.0 Å². The van der Waals surface area contributed by atoms with Crippen LogP contribution in [0.15, 0.2) is 0 Å². The Bertz CT molecular complexity index is 342. The molecule has 0 rings (SSSR count). The van der Waals surface area contributed by atoms with Crippen LogP contribution in [0.5, 0.6) is 0 Å². The van der Waals surface area contributed by atoms with Crippen molar-refractivity contribution in [3.8, 4) is 0 Å². The van der Waals surface area contributed by atoms with E-state index in [9.17, 15) is 19.2 Å². The number of carbonyl (C=O) groups excluding carboxylic acids is 4. The van der Waals surface area contributed by atoms with Gasteiger partial charge in [-0.15, -0.1) is 0 Å². The monoisotopic (exact) mass is 470 g/mol. The van der Waals surface area contributed by atoms with Crippen molar-refractivity contribution in [2.45, 2.75) is 24.9 Å². The van der Waals surface area contributed by atoms with Crippen LogP contribution in [0, 0.1) is 0 Å². The van der Waals surface area contributed by atoms with E-state index < -0.39 is 61.0 Å². The molecule has 0 unspecified atom stereocenters. The van der Waals surface area contributed by atoms with E-state index in [4.69, 9.17) is 22.9 Å². The van der Waals surface area contributed by atoms with Crippen LogP contribution in [0.1, 0.15) is 12.8 Å². The van der Waals surface area contributed by atoms with Gasteiger partial charge in [-0.2, -0.15) is 0 Å². The molecule has 0 saturated carbocycles. The molecule has 8 N–H and O–H groups in total. The first-order chi connectivity index (χ1) is 8.73. The molecule has 11 heteroatoms. The van der Waals surface area contributed by atoms with Gasteiger partial charge in [0.25, 0.3) is 0 Å². The first kappa shape index (κ1) is 17.7. The zero-order chi connectivity index (χ0) is 15.0. The number of primary amides is 2. The molecule has 0 bridgehead atoms. The molecule has 2 radical (unpaired) electrons. The van der Waals surface area contributed by atoms with Crippen LogP contribution in [0.2, 0.25) is 0 Å². The van der Waals surface area contributed by atoms with Crippen molar-refractivity contribution in [3.05, 3.63) is 0 Å². The Morgan fingerprint density at radius 1 is 0.842 bits per heavy atom. The number of amides is 2. The molecule has 0 fully saturated rings. The molecule has 19 heavy (non-hydrogen) atoms. The van der Waals surface area contributed by atoms with Gasteiger partial charge in [-0.3, -0.25) is 0 Å². The quantitative estimate of drug-likeness (QED) is 0.259. The Hall–Kier alpha value is -1.28. The number of rotatable bonds is 8. The average molecular weight is 469 g/mol. The Kier molecular flexibility index (Phi) is 8.17. The van der Waals surface area contributed by atoms with Gasteiger partial charge in [0.1, 0.15) is 0 Å². The van der Waals surface area contributed by atoms with Crippen molar-refractivity contribution >= 4 is 48.9 Å². The molecule has 0 aromatic heterocycles. The summed E-state index contributed by atoms with van der Waals surface area (Å²) in [4.78, 5) is 43.4. The molecular weight excluding hydrogens is 455 g/mol. The number of carbonyl (C=O) groups is 4. The van der Waals surface area contributed by atoms with Gasteiger partial charge in [0, 0.05) is 0 Å². The maximum atomic E-state index is 11.2. The minimum atomic E-state index is -2.50. The third kappa shape index (κ3) is 8.44. The summed E-state index contributed by atoms with van der Waals surface area (Å²) in [5.41, 5.74) is 20.3. The fraction of sp³-hybridized carbons (Fsp3) is 0.500. The van der Waals surface area contributed by atoms with Gasteiger partial charge in [-0.05, 0) is 0 Å². The molecule has 0 saturated heterocycles. The normalized spacial score (nSPS) is 13.2. The van der Waals surface area contributed by atoms with E-state index in [1.807, 2.05) is 0 Å². The van der Waals surface area contributed by atoms with Gasteiger partial charge in [-0.1, -0.05) is 0 Å². The van der Waals surface area contributed by atoms with Crippen molar-refractivity contribution < 1.29 is 24.6 Å². The summed E-state index contributed by atoms with van der Waals surface area (Å²) in [6.45, 7) is 0. The van der Waals surface area contributed by atoms with Gasteiger partial charge in [0.2, 0.25) is 0 Å². The second kappa shape index (κ2) is 8.76. The van der Waals surface area contributed by atoms with Crippen LogP contribution in [0.3, 0.4) is 0 Å². The van der Waals surface area contributed by atoms with Crippen LogP contribution in [-0.2, 0) is 24.6 Å². The summed E-state index contributed by atoms with van der Waals surface area (Å²) in [6.07, 6.45) is -0.728. The van der Waals surface area contributed by atoms with E-state index in [1.54, 1.807) is 0 Å². The summed E-state index contributed by atoms with van der Waals surface area (Å²) < 4.78 is 9.28. The van der Waals surface area contributed by atoms with Crippen LogP contribution >= 0.6 is 0 Å². The van der Waals surface area contributed by atoms with Crippen LogP contribution < -0.4 is 22.9 Å². The second-order valence-electron chi connectivity index (χ2n) is 3.48. The predicted octanol–water partition coefficient (Wildman–Crippen LogP) is -3.99. The molecule has 0 spiro atoms. The van der Waals surface area contributed by atoms with E-state index in [-0.39, 0.29) is 12.8 Å². The molecule has 106 valence electrons. The zero-order valence-corrected chi connectivity index (χ0v) is 13.7. The molecular formula is C8H14N4O6Pb. The second-order valence-corrected chi connectivity index (χ2v) is 5.71. The first-order valence-corrected chi connectivity index (χ1v) is 8.15. The van der Waals surface area contributed by atoms with E-state index in [1.165, 1.54) is 0 Å². The van der Waals surface area contributed by atoms with Gasteiger partial charge in [-0.25, -0.2) is 0 Å². The molecule has 0 heterocycles. The molecule has 0 aliphatic heterocycles. The number of nitrogens with two attached hydrogens (primary N) is 4. The molecule has 2 amide bonds. The Morgan fingerprint density at radius 3 is 1.42 bits per heavy atom. The van der Waals surface area contributed by atoms with E-state index in [2.05, 4.69) is 5.37 Å². The molecule has 0 aliphatic carbocycles. The van der Waals surface area contributed by atoms with Crippen molar-refractivity contribution in [3.63, 3.8) is 0 Å². The molecule has 0 aliphatic rings. The summed E-state index contributed by atoms with van der Waals surface area (Å²) >= 11 is -2.50. The van der Waals surface area contributed by atoms with Crippen LogP contribution in [0.4, 0.5) is 0 Å². The molecule has 2 atom stereocenters. The van der Waals surface area contributed by atoms with E-state index >= 15 is 0 Å². The van der Waals surface area contributed by atoms with Crippen LogP contribution in [0.25, 0.3) is 0 Å². The predicted molar refractivity (Wildman–Crippen MR) is 61.5 cm³/mol. The molecule has 0 aromatic rings. The fourth-order valence-electron chi connectivity index (χ4n) is 0.855. The average Bonchev–Trinajstić information content (AvgIpc) is 2.26. The molecule has 10 nitrogen and oxygen atoms in total.